The average Bonchev–Trinajstić information content (AvgIpc) is 2.75. The predicted molar refractivity (Wildman–Crippen MR) is 86.6 cm³/mol. The summed E-state index contributed by atoms with van der Waals surface area (Å²) in [5.74, 6) is 0.149. The third-order valence-corrected chi connectivity index (χ3v) is 5.32. The lowest BCUT2D eigenvalue weighted by atomic mass is 10.1. The van der Waals surface area contributed by atoms with E-state index in [9.17, 15) is 8.42 Å². The van der Waals surface area contributed by atoms with Crippen molar-refractivity contribution in [1.82, 2.24) is 10.0 Å². The van der Waals surface area contributed by atoms with Crippen LogP contribution in [0, 0.1) is 0 Å². The molecule has 1 aromatic rings. The van der Waals surface area contributed by atoms with Gasteiger partial charge in [-0.1, -0.05) is 56.0 Å². The maximum absolute atomic E-state index is 12.0. The molecule has 1 saturated carbocycles. The summed E-state index contributed by atoms with van der Waals surface area (Å²) in [6.45, 7) is 0.904. The maximum Gasteiger partial charge on any atom is 0.213 e. The van der Waals surface area contributed by atoms with Gasteiger partial charge >= 0.3 is 0 Å². The molecule has 118 valence electrons. The summed E-state index contributed by atoms with van der Waals surface area (Å²) in [7, 11) is -3.20. The van der Waals surface area contributed by atoms with Crippen molar-refractivity contribution in [2.24, 2.45) is 0 Å². The van der Waals surface area contributed by atoms with Crippen LogP contribution in [0.2, 0.25) is 0 Å². The van der Waals surface area contributed by atoms with Crippen molar-refractivity contribution >= 4 is 10.0 Å². The molecule has 0 saturated heterocycles. The van der Waals surface area contributed by atoms with Crippen molar-refractivity contribution in [1.29, 1.82) is 0 Å². The standard InChI is InChI=1S/C16H26N2O2S/c19-21(20,18-14-15-8-4-3-5-9-15)13-12-17-16-10-6-1-2-7-11-16/h3-5,8-9,16-18H,1-2,6-7,10-14H2. The van der Waals surface area contributed by atoms with Crippen molar-refractivity contribution in [2.45, 2.75) is 51.1 Å². The molecule has 0 unspecified atom stereocenters. The zero-order valence-corrected chi connectivity index (χ0v) is 13.4. The number of hydrogen-bond acceptors (Lipinski definition) is 3. The lowest BCUT2D eigenvalue weighted by Crippen LogP contribution is -2.36. The lowest BCUT2D eigenvalue weighted by molar-refractivity contribution is 0.470. The molecule has 21 heavy (non-hydrogen) atoms. The minimum Gasteiger partial charge on any atom is -0.313 e. The summed E-state index contributed by atoms with van der Waals surface area (Å²) >= 11 is 0. The Morgan fingerprint density at radius 2 is 1.67 bits per heavy atom. The van der Waals surface area contributed by atoms with Gasteiger partial charge < -0.3 is 5.32 Å². The first-order chi connectivity index (χ1) is 10.2. The summed E-state index contributed by atoms with van der Waals surface area (Å²) in [6, 6.07) is 10.1. The lowest BCUT2D eigenvalue weighted by Gasteiger charge is -2.16. The van der Waals surface area contributed by atoms with Crippen molar-refractivity contribution < 1.29 is 8.42 Å². The fraction of sp³-hybridized carbons (Fsp3) is 0.625. The molecule has 0 heterocycles. The first-order valence-corrected chi connectivity index (χ1v) is 9.55. The first-order valence-electron chi connectivity index (χ1n) is 7.90. The molecule has 2 N–H and O–H groups in total. The van der Waals surface area contributed by atoms with Gasteiger partial charge in [-0.3, -0.25) is 0 Å². The number of sulfonamides is 1. The van der Waals surface area contributed by atoms with E-state index >= 15 is 0 Å². The van der Waals surface area contributed by atoms with E-state index in [0.29, 0.717) is 19.1 Å². The van der Waals surface area contributed by atoms with E-state index in [2.05, 4.69) is 10.0 Å². The second-order valence-electron chi connectivity index (χ2n) is 5.77. The molecule has 0 spiro atoms. The minimum absolute atomic E-state index is 0.149. The van der Waals surface area contributed by atoms with E-state index in [1.54, 1.807) is 0 Å². The van der Waals surface area contributed by atoms with Gasteiger partial charge in [0.25, 0.3) is 0 Å². The topological polar surface area (TPSA) is 58.2 Å². The molecular weight excluding hydrogens is 284 g/mol. The van der Waals surface area contributed by atoms with Gasteiger partial charge in [0.1, 0.15) is 0 Å². The maximum atomic E-state index is 12.0. The van der Waals surface area contributed by atoms with Crippen LogP contribution in [0.3, 0.4) is 0 Å². The van der Waals surface area contributed by atoms with E-state index in [1.807, 2.05) is 30.3 Å². The predicted octanol–water partition coefficient (Wildman–Crippen LogP) is 2.42. The highest BCUT2D eigenvalue weighted by Gasteiger charge is 2.14. The quantitative estimate of drug-likeness (QED) is 0.760. The molecule has 1 fully saturated rings. The highest BCUT2D eigenvalue weighted by Crippen LogP contribution is 2.16. The largest absolute Gasteiger partial charge is 0.313 e. The Balaban J connectivity index is 1.68. The molecule has 0 aliphatic heterocycles. The molecule has 4 nitrogen and oxygen atoms in total. The summed E-state index contributed by atoms with van der Waals surface area (Å²) in [5.41, 5.74) is 0.984. The summed E-state index contributed by atoms with van der Waals surface area (Å²) in [4.78, 5) is 0. The molecule has 0 bridgehead atoms. The number of rotatable bonds is 7. The molecule has 0 amide bonds. The highest BCUT2D eigenvalue weighted by molar-refractivity contribution is 7.89. The Labute approximate surface area is 128 Å². The zero-order valence-electron chi connectivity index (χ0n) is 12.6. The van der Waals surface area contributed by atoms with Gasteiger partial charge in [-0.25, -0.2) is 13.1 Å². The molecule has 0 radical (unpaired) electrons. The molecule has 2 rings (SSSR count). The van der Waals surface area contributed by atoms with Crippen LogP contribution in [0.4, 0.5) is 0 Å². The molecule has 1 aliphatic carbocycles. The molecular formula is C16H26N2O2S. The van der Waals surface area contributed by atoms with Crippen molar-refractivity contribution in [3.05, 3.63) is 35.9 Å². The van der Waals surface area contributed by atoms with Crippen LogP contribution in [-0.4, -0.2) is 26.8 Å². The van der Waals surface area contributed by atoms with Crippen LogP contribution in [0.5, 0.6) is 0 Å². The van der Waals surface area contributed by atoms with Crippen LogP contribution in [0.25, 0.3) is 0 Å². The van der Waals surface area contributed by atoms with Gasteiger partial charge in [0.05, 0.1) is 5.75 Å². The smallest absolute Gasteiger partial charge is 0.213 e. The second-order valence-corrected chi connectivity index (χ2v) is 7.69. The summed E-state index contributed by atoms with van der Waals surface area (Å²) in [5, 5.41) is 3.40. The monoisotopic (exact) mass is 310 g/mol. The Morgan fingerprint density at radius 3 is 2.33 bits per heavy atom. The van der Waals surface area contributed by atoms with Crippen molar-refractivity contribution in [2.75, 3.05) is 12.3 Å². The third-order valence-electron chi connectivity index (χ3n) is 4.00. The number of nitrogens with one attached hydrogen (secondary N) is 2. The molecule has 1 aliphatic rings. The van der Waals surface area contributed by atoms with Gasteiger partial charge in [0.15, 0.2) is 0 Å². The van der Waals surface area contributed by atoms with Crippen LogP contribution >= 0.6 is 0 Å². The Bertz CT molecular complexity index is 494. The van der Waals surface area contributed by atoms with Crippen molar-refractivity contribution in [3.63, 3.8) is 0 Å². The average molecular weight is 310 g/mol. The van der Waals surface area contributed by atoms with Gasteiger partial charge in [-0.2, -0.15) is 0 Å². The normalized spacial score (nSPS) is 17.5. The summed E-state index contributed by atoms with van der Waals surface area (Å²) < 4.78 is 26.6. The fourth-order valence-corrected chi connectivity index (χ4v) is 3.66. The molecule has 0 aromatic heterocycles. The van der Waals surface area contributed by atoms with Gasteiger partial charge in [0, 0.05) is 19.1 Å². The Kier molecular flexibility index (Phi) is 6.67. The Hall–Kier alpha value is -0.910. The third kappa shape index (κ3) is 6.59. The van der Waals surface area contributed by atoms with E-state index in [1.165, 1.54) is 38.5 Å². The van der Waals surface area contributed by atoms with Crippen LogP contribution < -0.4 is 10.0 Å². The van der Waals surface area contributed by atoms with Crippen LogP contribution in [0.1, 0.15) is 44.1 Å². The van der Waals surface area contributed by atoms with E-state index in [0.717, 1.165) is 5.56 Å². The molecule has 0 atom stereocenters. The van der Waals surface area contributed by atoms with Crippen molar-refractivity contribution in [3.8, 4) is 0 Å². The number of benzene rings is 1. The molecule has 1 aromatic carbocycles. The number of hydrogen-bond donors (Lipinski definition) is 2. The van der Waals surface area contributed by atoms with E-state index in [4.69, 9.17) is 0 Å². The summed E-state index contributed by atoms with van der Waals surface area (Å²) in [6.07, 6.45) is 7.51. The first kappa shape index (κ1) is 16.5. The SMILES string of the molecule is O=S(=O)(CCNC1CCCCCC1)NCc1ccccc1. The van der Waals surface area contributed by atoms with E-state index < -0.39 is 10.0 Å². The second kappa shape index (κ2) is 8.51. The minimum atomic E-state index is -3.20. The molecule has 5 heteroatoms. The van der Waals surface area contributed by atoms with Crippen LogP contribution in [-0.2, 0) is 16.6 Å². The highest BCUT2D eigenvalue weighted by atomic mass is 32.2. The van der Waals surface area contributed by atoms with Gasteiger partial charge in [0.2, 0.25) is 10.0 Å². The Morgan fingerprint density at radius 1 is 1.00 bits per heavy atom. The van der Waals surface area contributed by atoms with Gasteiger partial charge in [-0.05, 0) is 18.4 Å². The zero-order chi connectivity index (χ0) is 15.0. The fourth-order valence-electron chi connectivity index (χ4n) is 2.74. The van der Waals surface area contributed by atoms with Crippen LogP contribution in [0.15, 0.2) is 30.3 Å². The van der Waals surface area contributed by atoms with E-state index in [-0.39, 0.29) is 5.75 Å². The van der Waals surface area contributed by atoms with Gasteiger partial charge in [-0.15, -0.1) is 0 Å².